The van der Waals surface area contributed by atoms with Gasteiger partial charge < -0.3 is 9.63 Å². The molecule has 0 unspecified atom stereocenters. The molecule has 0 saturated carbocycles. The van der Waals surface area contributed by atoms with Crippen molar-refractivity contribution < 1.29 is 22.8 Å². The summed E-state index contributed by atoms with van der Waals surface area (Å²) < 4.78 is 43.5. The van der Waals surface area contributed by atoms with Crippen LogP contribution in [0.25, 0.3) is 0 Å². The summed E-state index contributed by atoms with van der Waals surface area (Å²) in [5.74, 6) is 0.956. The van der Waals surface area contributed by atoms with E-state index in [1.807, 2.05) is 4.90 Å². The fourth-order valence-electron chi connectivity index (χ4n) is 3.01. The van der Waals surface area contributed by atoms with Crippen LogP contribution in [0, 0.1) is 6.92 Å². The van der Waals surface area contributed by atoms with Crippen molar-refractivity contribution in [2.24, 2.45) is 0 Å². The summed E-state index contributed by atoms with van der Waals surface area (Å²) in [6.07, 6.45) is -3.93. The Balaban J connectivity index is 1.69. The van der Waals surface area contributed by atoms with Crippen molar-refractivity contribution in [1.82, 2.24) is 15.0 Å². The number of rotatable bonds is 4. The number of aliphatic hydroxyl groups is 1. The van der Waals surface area contributed by atoms with Gasteiger partial charge in [-0.05, 0) is 31.4 Å². The smallest absolute Gasteiger partial charge is 0.392 e. The lowest BCUT2D eigenvalue weighted by atomic mass is 10.1. The zero-order chi connectivity index (χ0) is 17.3. The third kappa shape index (κ3) is 3.76. The topological polar surface area (TPSA) is 62.4 Å². The van der Waals surface area contributed by atoms with Crippen LogP contribution in [0.1, 0.15) is 35.3 Å². The van der Waals surface area contributed by atoms with Crippen molar-refractivity contribution in [3.63, 3.8) is 0 Å². The van der Waals surface area contributed by atoms with Crippen LogP contribution in [0.3, 0.4) is 0 Å². The van der Waals surface area contributed by atoms with Gasteiger partial charge in [0.1, 0.15) is 0 Å². The van der Waals surface area contributed by atoms with Gasteiger partial charge in [-0.15, -0.1) is 0 Å². The van der Waals surface area contributed by atoms with Crippen molar-refractivity contribution in [1.29, 1.82) is 0 Å². The highest BCUT2D eigenvalue weighted by molar-refractivity contribution is 5.26. The molecular weight excluding hydrogens is 323 g/mol. The molecule has 3 rings (SSSR count). The SMILES string of the molecule is Cc1noc([C@H]2C[C@H](O)CN2CCc2cccc(C(F)(F)F)c2)n1. The molecule has 0 aliphatic carbocycles. The van der Waals surface area contributed by atoms with Gasteiger partial charge in [-0.3, -0.25) is 4.90 Å². The Morgan fingerprint density at radius 3 is 2.83 bits per heavy atom. The Morgan fingerprint density at radius 1 is 1.38 bits per heavy atom. The number of β-amino-alcohol motifs (C(OH)–C–C–N with tert-alkyl or cyclic N) is 1. The standard InChI is InChI=1S/C16H18F3N3O2/c1-10-20-15(24-21-10)14-8-13(23)9-22(14)6-5-11-3-2-4-12(7-11)16(17,18)19/h2-4,7,13-14,23H,5-6,8-9H2,1H3/t13-,14+/m0/s1. The molecular formula is C16H18F3N3O2. The van der Waals surface area contributed by atoms with Gasteiger partial charge in [0.25, 0.3) is 0 Å². The molecule has 0 bridgehead atoms. The normalized spacial score (nSPS) is 22.2. The second-order valence-electron chi connectivity index (χ2n) is 6.03. The van der Waals surface area contributed by atoms with Crippen molar-refractivity contribution >= 4 is 0 Å². The van der Waals surface area contributed by atoms with Crippen LogP contribution in [0.4, 0.5) is 13.2 Å². The summed E-state index contributed by atoms with van der Waals surface area (Å²) in [4.78, 5) is 6.17. The van der Waals surface area contributed by atoms with Crippen LogP contribution in [0.15, 0.2) is 28.8 Å². The predicted molar refractivity (Wildman–Crippen MR) is 79.1 cm³/mol. The van der Waals surface area contributed by atoms with Crippen molar-refractivity contribution in [2.45, 2.75) is 38.1 Å². The zero-order valence-electron chi connectivity index (χ0n) is 13.1. The molecule has 24 heavy (non-hydrogen) atoms. The fraction of sp³-hybridized carbons (Fsp3) is 0.500. The van der Waals surface area contributed by atoms with Gasteiger partial charge in [-0.1, -0.05) is 23.4 Å². The minimum Gasteiger partial charge on any atom is -0.392 e. The average molecular weight is 341 g/mol. The van der Waals surface area contributed by atoms with Crippen molar-refractivity contribution in [3.8, 4) is 0 Å². The number of halogens is 3. The number of nitrogens with zero attached hydrogens (tertiary/aromatic N) is 3. The van der Waals surface area contributed by atoms with Crippen LogP contribution >= 0.6 is 0 Å². The number of alkyl halides is 3. The average Bonchev–Trinajstić information content (AvgIpc) is 3.10. The van der Waals surface area contributed by atoms with E-state index in [1.165, 1.54) is 12.1 Å². The summed E-state index contributed by atoms with van der Waals surface area (Å²) in [6.45, 7) is 2.65. The molecule has 1 aliphatic heterocycles. The molecule has 1 fully saturated rings. The number of hydrogen-bond acceptors (Lipinski definition) is 5. The Labute approximate surface area is 137 Å². The molecule has 2 aromatic rings. The predicted octanol–water partition coefficient (Wildman–Crippen LogP) is 2.75. The van der Waals surface area contributed by atoms with Gasteiger partial charge in [-0.25, -0.2) is 0 Å². The number of likely N-dealkylation sites (tertiary alicyclic amines) is 1. The van der Waals surface area contributed by atoms with Gasteiger partial charge in [0, 0.05) is 13.1 Å². The van der Waals surface area contributed by atoms with E-state index in [0.717, 1.165) is 6.07 Å². The third-order valence-corrected chi connectivity index (χ3v) is 4.15. The Morgan fingerprint density at radius 2 is 2.17 bits per heavy atom. The first kappa shape index (κ1) is 16.9. The molecule has 1 N–H and O–H groups in total. The maximum atomic E-state index is 12.8. The van der Waals surface area contributed by atoms with E-state index in [-0.39, 0.29) is 6.04 Å². The van der Waals surface area contributed by atoms with E-state index in [1.54, 1.807) is 13.0 Å². The van der Waals surface area contributed by atoms with E-state index in [0.29, 0.717) is 43.2 Å². The van der Waals surface area contributed by atoms with E-state index in [9.17, 15) is 18.3 Å². The summed E-state index contributed by atoms with van der Waals surface area (Å²) >= 11 is 0. The van der Waals surface area contributed by atoms with Gasteiger partial charge >= 0.3 is 6.18 Å². The van der Waals surface area contributed by atoms with Gasteiger partial charge in [-0.2, -0.15) is 18.2 Å². The molecule has 0 amide bonds. The second kappa shape index (κ2) is 6.52. The number of aromatic nitrogens is 2. The first-order chi connectivity index (χ1) is 11.3. The molecule has 130 valence electrons. The van der Waals surface area contributed by atoms with E-state index in [2.05, 4.69) is 10.1 Å². The molecule has 1 saturated heterocycles. The largest absolute Gasteiger partial charge is 0.416 e. The zero-order valence-corrected chi connectivity index (χ0v) is 13.1. The highest BCUT2D eigenvalue weighted by Gasteiger charge is 2.35. The molecule has 2 heterocycles. The number of aryl methyl sites for hydroxylation is 1. The summed E-state index contributed by atoms with van der Waals surface area (Å²) in [7, 11) is 0. The third-order valence-electron chi connectivity index (χ3n) is 4.15. The monoisotopic (exact) mass is 341 g/mol. The van der Waals surface area contributed by atoms with E-state index < -0.39 is 17.8 Å². The fourth-order valence-corrected chi connectivity index (χ4v) is 3.01. The lowest BCUT2D eigenvalue weighted by Crippen LogP contribution is -2.27. The molecule has 0 spiro atoms. The lowest BCUT2D eigenvalue weighted by Gasteiger charge is -2.21. The van der Waals surface area contributed by atoms with Crippen LogP contribution in [0.2, 0.25) is 0 Å². The van der Waals surface area contributed by atoms with E-state index in [4.69, 9.17) is 4.52 Å². The molecule has 8 heteroatoms. The quantitative estimate of drug-likeness (QED) is 0.926. The maximum absolute atomic E-state index is 12.8. The molecule has 1 aromatic carbocycles. The first-order valence-electron chi connectivity index (χ1n) is 7.71. The van der Waals surface area contributed by atoms with Crippen LogP contribution in [-0.2, 0) is 12.6 Å². The molecule has 1 aliphatic rings. The Bertz CT molecular complexity index is 702. The minimum absolute atomic E-state index is 0.202. The highest BCUT2D eigenvalue weighted by atomic mass is 19.4. The number of aliphatic hydroxyl groups excluding tert-OH is 1. The second-order valence-corrected chi connectivity index (χ2v) is 6.03. The van der Waals surface area contributed by atoms with Crippen molar-refractivity contribution in [2.75, 3.05) is 13.1 Å². The highest BCUT2D eigenvalue weighted by Crippen LogP contribution is 2.32. The van der Waals surface area contributed by atoms with Gasteiger partial charge in [0.05, 0.1) is 17.7 Å². The minimum atomic E-state index is -4.34. The van der Waals surface area contributed by atoms with Gasteiger partial charge in [0.15, 0.2) is 5.82 Å². The number of benzene rings is 1. The molecule has 5 nitrogen and oxygen atoms in total. The van der Waals surface area contributed by atoms with Crippen LogP contribution in [0.5, 0.6) is 0 Å². The molecule has 0 radical (unpaired) electrons. The van der Waals surface area contributed by atoms with Gasteiger partial charge in [0.2, 0.25) is 5.89 Å². The Kier molecular flexibility index (Phi) is 4.60. The van der Waals surface area contributed by atoms with Crippen molar-refractivity contribution in [3.05, 3.63) is 47.1 Å². The summed E-state index contributed by atoms with van der Waals surface area (Å²) in [5, 5.41) is 13.7. The Hall–Kier alpha value is -1.93. The maximum Gasteiger partial charge on any atom is 0.416 e. The summed E-state index contributed by atoms with van der Waals surface area (Å²) in [6, 6.07) is 5.11. The number of hydrogen-bond donors (Lipinski definition) is 1. The molecule has 2 atom stereocenters. The summed E-state index contributed by atoms with van der Waals surface area (Å²) in [5.41, 5.74) is -0.0443. The lowest BCUT2D eigenvalue weighted by molar-refractivity contribution is -0.137. The van der Waals surface area contributed by atoms with E-state index >= 15 is 0 Å². The first-order valence-corrected chi connectivity index (χ1v) is 7.71. The molecule has 1 aromatic heterocycles. The van der Waals surface area contributed by atoms with Crippen LogP contribution < -0.4 is 0 Å². The van der Waals surface area contributed by atoms with Crippen LogP contribution in [-0.4, -0.2) is 39.3 Å².